The molecule has 2 rings (SSSR count). The van der Waals surface area contributed by atoms with Crippen molar-refractivity contribution in [2.45, 2.75) is 25.3 Å². The van der Waals surface area contributed by atoms with Gasteiger partial charge in [0.15, 0.2) is 0 Å². The molecule has 0 aliphatic heterocycles. The van der Waals surface area contributed by atoms with Crippen LogP contribution in [0.5, 0.6) is 0 Å². The lowest BCUT2D eigenvalue weighted by atomic mass is 10.2. The number of sulfonamides is 1. The highest BCUT2D eigenvalue weighted by Crippen LogP contribution is 2.25. The maximum absolute atomic E-state index is 13.3. The first-order valence-corrected chi connectivity index (χ1v) is 8.69. The molecule has 0 N–H and O–H groups in total. The van der Waals surface area contributed by atoms with Crippen LogP contribution in [0.15, 0.2) is 47.4 Å². The molecule has 2 aromatic carbocycles. The molecule has 0 aliphatic rings. The van der Waals surface area contributed by atoms with Crippen molar-refractivity contribution in [3.63, 3.8) is 0 Å². The Morgan fingerprint density at radius 3 is 2.50 bits per heavy atom. The first-order valence-electron chi connectivity index (χ1n) is 7.25. The largest absolute Gasteiger partial charge is 0.270 e. The van der Waals surface area contributed by atoms with Crippen LogP contribution >= 0.6 is 0 Å². The van der Waals surface area contributed by atoms with E-state index in [0.717, 1.165) is 10.4 Å². The van der Waals surface area contributed by atoms with Crippen molar-refractivity contribution >= 4 is 15.7 Å². The average molecular weight is 352 g/mol. The van der Waals surface area contributed by atoms with Crippen molar-refractivity contribution in [1.82, 2.24) is 4.31 Å². The predicted octanol–water partition coefficient (Wildman–Crippen LogP) is 3.25. The Kier molecular flexibility index (Phi) is 5.30. The van der Waals surface area contributed by atoms with Crippen LogP contribution in [-0.2, 0) is 16.6 Å². The van der Waals surface area contributed by atoms with Crippen molar-refractivity contribution in [3.8, 4) is 0 Å². The Hall–Kier alpha value is -2.32. The first-order chi connectivity index (χ1) is 11.3. The zero-order chi connectivity index (χ0) is 17.9. The third-order valence-electron chi connectivity index (χ3n) is 3.60. The van der Waals surface area contributed by atoms with E-state index in [0.29, 0.717) is 11.1 Å². The van der Waals surface area contributed by atoms with Gasteiger partial charge in [-0.1, -0.05) is 25.1 Å². The van der Waals surface area contributed by atoms with Crippen LogP contribution in [0.1, 0.15) is 18.1 Å². The summed E-state index contributed by atoms with van der Waals surface area (Å²) in [5, 5.41) is 10.9. The van der Waals surface area contributed by atoms with Crippen molar-refractivity contribution in [1.29, 1.82) is 0 Å². The summed E-state index contributed by atoms with van der Waals surface area (Å²) in [6.07, 6.45) is 0. The molecular formula is C16H17FN2O4S. The van der Waals surface area contributed by atoms with Crippen molar-refractivity contribution in [2.24, 2.45) is 0 Å². The summed E-state index contributed by atoms with van der Waals surface area (Å²) in [7, 11) is -3.94. The molecule has 0 atom stereocenters. The molecule has 0 saturated heterocycles. The minimum atomic E-state index is -3.94. The van der Waals surface area contributed by atoms with Gasteiger partial charge >= 0.3 is 0 Å². The molecule has 0 spiro atoms. The topological polar surface area (TPSA) is 80.5 Å². The Morgan fingerprint density at radius 2 is 1.92 bits per heavy atom. The Bertz CT molecular complexity index is 868. The molecular weight excluding hydrogens is 335 g/mol. The zero-order valence-electron chi connectivity index (χ0n) is 13.3. The number of hydrogen-bond donors (Lipinski definition) is 0. The molecule has 0 heterocycles. The van der Waals surface area contributed by atoms with E-state index in [4.69, 9.17) is 0 Å². The Labute approximate surface area is 139 Å². The van der Waals surface area contributed by atoms with Gasteiger partial charge in [-0.05, 0) is 30.2 Å². The number of aryl methyl sites for hydroxylation is 1. The minimum Gasteiger partial charge on any atom is -0.258 e. The van der Waals surface area contributed by atoms with Crippen LogP contribution in [0, 0.1) is 22.9 Å². The van der Waals surface area contributed by atoms with Crippen LogP contribution in [0.4, 0.5) is 10.1 Å². The standard InChI is InChI=1S/C16H17FN2O4S/c1-3-18(11-13-5-4-6-14(17)9-13)24(22,23)16-10-15(19(20)21)8-7-12(16)2/h4-10H,3,11H2,1-2H3. The van der Waals surface area contributed by atoms with Crippen LogP contribution < -0.4 is 0 Å². The molecule has 0 aliphatic carbocycles. The summed E-state index contributed by atoms with van der Waals surface area (Å²) in [4.78, 5) is 10.2. The van der Waals surface area contributed by atoms with Gasteiger partial charge in [0.1, 0.15) is 5.82 Å². The van der Waals surface area contributed by atoms with Crippen LogP contribution in [0.3, 0.4) is 0 Å². The fourth-order valence-corrected chi connectivity index (χ4v) is 4.01. The maximum Gasteiger partial charge on any atom is 0.270 e. The summed E-state index contributed by atoms with van der Waals surface area (Å²) in [5.41, 5.74) is 0.628. The second kappa shape index (κ2) is 7.06. The van der Waals surface area contributed by atoms with Gasteiger partial charge in [0.2, 0.25) is 10.0 Å². The molecule has 0 saturated carbocycles. The highest BCUT2D eigenvalue weighted by molar-refractivity contribution is 7.89. The number of rotatable bonds is 6. The van der Waals surface area contributed by atoms with Gasteiger partial charge in [0.05, 0.1) is 9.82 Å². The van der Waals surface area contributed by atoms with E-state index in [1.807, 2.05) is 0 Å². The van der Waals surface area contributed by atoms with E-state index in [9.17, 15) is 22.9 Å². The number of nitro groups is 1. The van der Waals surface area contributed by atoms with E-state index in [1.54, 1.807) is 19.9 Å². The summed E-state index contributed by atoms with van der Waals surface area (Å²) in [6, 6.07) is 9.39. The van der Waals surface area contributed by atoms with Gasteiger partial charge in [-0.3, -0.25) is 10.1 Å². The second-order valence-electron chi connectivity index (χ2n) is 5.27. The molecule has 24 heavy (non-hydrogen) atoms. The molecule has 8 heteroatoms. The summed E-state index contributed by atoms with van der Waals surface area (Å²) >= 11 is 0. The molecule has 0 unspecified atom stereocenters. The predicted molar refractivity (Wildman–Crippen MR) is 87.5 cm³/mol. The lowest BCUT2D eigenvalue weighted by Crippen LogP contribution is -2.31. The maximum atomic E-state index is 13.3. The van der Waals surface area contributed by atoms with Crippen molar-refractivity contribution in [3.05, 3.63) is 69.5 Å². The van der Waals surface area contributed by atoms with Gasteiger partial charge in [-0.2, -0.15) is 4.31 Å². The third kappa shape index (κ3) is 3.77. The second-order valence-corrected chi connectivity index (χ2v) is 7.17. The highest BCUT2D eigenvalue weighted by Gasteiger charge is 2.27. The van der Waals surface area contributed by atoms with Crippen LogP contribution in [-0.4, -0.2) is 24.2 Å². The van der Waals surface area contributed by atoms with E-state index >= 15 is 0 Å². The van der Waals surface area contributed by atoms with E-state index in [2.05, 4.69) is 0 Å². The van der Waals surface area contributed by atoms with E-state index in [-0.39, 0.29) is 23.7 Å². The zero-order valence-corrected chi connectivity index (χ0v) is 14.1. The van der Waals surface area contributed by atoms with Crippen molar-refractivity contribution < 1.29 is 17.7 Å². The molecule has 6 nitrogen and oxygen atoms in total. The first kappa shape index (κ1) is 18.0. The lowest BCUT2D eigenvalue weighted by molar-refractivity contribution is -0.385. The fourth-order valence-electron chi connectivity index (χ4n) is 2.33. The van der Waals surface area contributed by atoms with Crippen molar-refractivity contribution in [2.75, 3.05) is 6.54 Å². The number of nitro benzene ring substituents is 1. The van der Waals surface area contributed by atoms with E-state index < -0.39 is 20.8 Å². The monoisotopic (exact) mass is 352 g/mol. The Balaban J connectivity index is 2.43. The van der Waals surface area contributed by atoms with Gasteiger partial charge < -0.3 is 0 Å². The van der Waals surface area contributed by atoms with Gasteiger partial charge in [0, 0.05) is 25.2 Å². The molecule has 0 fully saturated rings. The van der Waals surface area contributed by atoms with Crippen LogP contribution in [0.2, 0.25) is 0 Å². The smallest absolute Gasteiger partial charge is 0.258 e. The third-order valence-corrected chi connectivity index (χ3v) is 5.66. The number of nitrogens with zero attached hydrogens (tertiary/aromatic N) is 2. The lowest BCUT2D eigenvalue weighted by Gasteiger charge is -2.21. The molecule has 128 valence electrons. The highest BCUT2D eigenvalue weighted by atomic mass is 32.2. The number of halogens is 1. The SMILES string of the molecule is CCN(Cc1cccc(F)c1)S(=O)(=O)c1cc([N+](=O)[O-])ccc1C. The summed E-state index contributed by atoms with van der Waals surface area (Å²) < 4.78 is 40.2. The molecule has 2 aromatic rings. The van der Waals surface area contributed by atoms with Crippen LogP contribution in [0.25, 0.3) is 0 Å². The number of non-ortho nitro benzene ring substituents is 1. The quantitative estimate of drug-likeness (QED) is 0.590. The van der Waals surface area contributed by atoms with Gasteiger partial charge in [0.25, 0.3) is 5.69 Å². The molecule has 0 amide bonds. The molecule has 0 bridgehead atoms. The average Bonchev–Trinajstić information content (AvgIpc) is 2.52. The summed E-state index contributed by atoms with van der Waals surface area (Å²) in [6.45, 7) is 3.37. The minimum absolute atomic E-state index is 0.0152. The normalized spacial score (nSPS) is 11.7. The van der Waals surface area contributed by atoms with E-state index in [1.165, 1.54) is 30.3 Å². The number of benzene rings is 2. The molecule has 0 aromatic heterocycles. The summed E-state index contributed by atoms with van der Waals surface area (Å²) in [5.74, 6) is -0.451. The Morgan fingerprint density at radius 1 is 1.21 bits per heavy atom. The van der Waals surface area contributed by atoms with Gasteiger partial charge in [-0.15, -0.1) is 0 Å². The molecule has 0 radical (unpaired) electrons. The number of hydrogen-bond acceptors (Lipinski definition) is 4. The van der Waals surface area contributed by atoms with Gasteiger partial charge in [-0.25, -0.2) is 12.8 Å². The fraction of sp³-hybridized carbons (Fsp3) is 0.250.